The predicted octanol–water partition coefficient (Wildman–Crippen LogP) is 0.941. The standard InChI is InChI=1S/C12H10O4/c13-9-6-12(7-9,10(14)11(15)16)8-4-2-1-3-5-8/h1-5H,6-7H2,(H,15,16). The number of carboxylic acid groups (broad SMARTS) is 1. The summed E-state index contributed by atoms with van der Waals surface area (Å²) in [4.78, 5) is 33.5. The Morgan fingerprint density at radius 1 is 1.12 bits per heavy atom. The van der Waals surface area contributed by atoms with E-state index in [-0.39, 0.29) is 18.6 Å². The van der Waals surface area contributed by atoms with Crippen LogP contribution in [0.4, 0.5) is 0 Å². The average Bonchev–Trinajstić information content (AvgIpc) is 2.24. The highest BCUT2D eigenvalue weighted by atomic mass is 16.4. The second-order valence-corrected chi connectivity index (χ2v) is 3.97. The molecule has 0 amide bonds. The summed E-state index contributed by atoms with van der Waals surface area (Å²) in [7, 11) is 0. The predicted molar refractivity (Wildman–Crippen MR) is 55.0 cm³/mol. The molecule has 0 atom stereocenters. The minimum Gasteiger partial charge on any atom is -0.475 e. The van der Waals surface area contributed by atoms with Gasteiger partial charge in [0.05, 0.1) is 5.41 Å². The third-order valence-corrected chi connectivity index (χ3v) is 2.95. The van der Waals surface area contributed by atoms with E-state index in [0.29, 0.717) is 5.56 Å². The van der Waals surface area contributed by atoms with Gasteiger partial charge in [0.15, 0.2) is 0 Å². The van der Waals surface area contributed by atoms with Crippen LogP contribution in [-0.4, -0.2) is 22.6 Å². The molecule has 0 bridgehead atoms. The van der Waals surface area contributed by atoms with Crippen molar-refractivity contribution in [3.05, 3.63) is 35.9 Å². The van der Waals surface area contributed by atoms with Crippen molar-refractivity contribution >= 4 is 17.5 Å². The lowest BCUT2D eigenvalue weighted by atomic mass is 9.61. The van der Waals surface area contributed by atoms with Crippen LogP contribution in [0.5, 0.6) is 0 Å². The molecule has 1 N–H and O–H groups in total. The van der Waals surface area contributed by atoms with Gasteiger partial charge >= 0.3 is 5.97 Å². The third-order valence-electron chi connectivity index (χ3n) is 2.95. The molecule has 1 saturated carbocycles. The van der Waals surface area contributed by atoms with Gasteiger partial charge in [-0.2, -0.15) is 0 Å². The zero-order chi connectivity index (χ0) is 11.8. The Bertz CT molecular complexity index is 453. The normalized spacial score (nSPS) is 17.6. The molecule has 1 aromatic carbocycles. The first-order valence-electron chi connectivity index (χ1n) is 4.91. The molecule has 2 rings (SSSR count). The van der Waals surface area contributed by atoms with Gasteiger partial charge in [0.1, 0.15) is 5.78 Å². The number of carbonyl (C=O) groups is 3. The molecule has 1 aromatic rings. The van der Waals surface area contributed by atoms with Crippen molar-refractivity contribution in [1.82, 2.24) is 0 Å². The SMILES string of the molecule is O=C1CC(C(=O)C(=O)O)(c2ccccc2)C1. The summed E-state index contributed by atoms with van der Waals surface area (Å²) < 4.78 is 0. The van der Waals surface area contributed by atoms with Crippen molar-refractivity contribution in [2.75, 3.05) is 0 Å². The first kappa shape index (κ1) is 10.5. The Hall–Kier alpha value is -1.97. The van der Waals surface area contributed by atoms with Gasteiger partial charge in [-0.25, -0.2) is 4.79 Å². The molecule has 4 nitrogen and oxygen atoms in total. The molecular weight excluding hydrogens is 208 g/mol. The minimum atomic E-state index is -1.48. The Kier molecular flexibility index (Phi) is 2.34. The van der Waals surface area contributed by atoms with Gasteiger partial charge in [-0.1, -0.05) is 30.3 Å². The van der Waals surface area contributed by atoms with Crippen LogP contribution in [0.1, 0.15) is 18.4 Å². The number of aliphatic carboxylic acids is 1. The Morgan fingerprint density at radius 3 is 2.12 bits per heavy atom. The maximum Gasteiger partial charge on any atom is 0.373 e. The van der Waals surface area contributed by atoms with Gasteiger partial charge in [0.2, 0.25) is 0 Å². The molecular formula is C12H10O4. The minimum absolute atomic E-state index is 0.00213. The van der Waals surface area contributed by atoms with E-state index in [0.717, 1.165) is 0 Å². The van der Waals surface area contributed by atoms with Crippen LogP contribution < -0.4 is 0 Å². The fraction of sp³-hybridized carbons (Fsp3) is 0.250. The first-order valence-corrected chi connectivity index (χ1v) is 4.91. The van der Waals surface area contributed by atoms with Crippen LogP contribution in [0.15, 0.2) is 30.3 Å². The molecule has 1 aliphatic carbocycles. The monoisotopic (exact) mass is 218 g/mol. The second kappa shape index (κ2) is 3.56. The molecule has 0 aliphatic heterocycles. The number of hydrogen-bond acceptors (Lipinski definition) is 3. The van der Waals surface area contributed by atoms with E-state index >= 15 is 0 Å². The van der Waals surface area contributed by atoms with Crippen LogP contribution in [0.2, 0.25) is 0 Å². The lowest BCUT2D eigenvalue weighted by Crippen LogP contribution is -2.51. The molecule has 0 spiro atoms. The fourth-order valence-corrected chi connectivity index (χ4v) is 2.08. The lowest BCUT2D eigenvalue weighted by molar-refractivity contribution is -0.155. The summed E-state index contributed by atoms with van der Waals surface area (Å²) in [6.07, 6.45) is 0.00426. The maximum absolute atomic E-state index is 11.6. The largest absolute Gasteiger partial charge is 0.475 e. The number of carboxylic acids is 1. The first-order chi connectivity index (χ1) is 7.56. The fourth-order valence-electron chi connectivity index (χ4n) is 2.08. The van der Waals surface area contributed by atoms with Crippen molar-refractivity contribution < 1.29 is 19.5 Å². The molecule has 0 unspecified atom stereocenters. The van der Waals surface area contributed by atoms with Gasteiger partial charge in [0, 0.05) is 12.8 Å². The summed E-state index contributed by atoms with van der Waals surface area (Å²) in [5, 5.41) is 8.77. The second-order valence-electron chi connectivity index (χ2n) is 3.97. The number of benzene rings is 1. The molecule has 0 radical (unpaired) electrons. The summed E-state index contributed by atoms with van der Waals surface area (Å²) >= 11 is 0. The van der Waals surface area contributed by atoms with Gasteiger partial charge in [-0.15, -0.1) is 0 Å². The quantitative estimate of drug-likeness (QED) is 0.766. The Morgan fingerprint density at radius 2 is 1.69 bits per heavy atom. The number of hydrogen-bond donors (Lipinski definition) is 1. The molecule has 16 heavy (non-hydrogen) atoms. The van der Waals surface area contributed by atoms with Crippen molar-refractivity contribution in [2.45, 2.75) is 18.3 Å². The van der Waals surface area contributed by atoms with Gasteiger partial charge in [-0.3, -0.25) is 9.59 Å². The van der Waals surface area contributed by atoms with Crippen LogP contribution >= 0.6 is 0 Å². The molecule has 1 fully saturated rings. The lowest BCUT2D eigenvalue weighted by Gasteiger charge is -2.37. The molecule has 82 valence electrons. The van der Waals surface area contributed by atoms with Crippen molar-refractivity contribution in [3.63, 3.8) is 0 Å². The van der Waals surface area contributed by atoms with Crippen molar-refractivity contribution in [3.8, 4) is 0 Å². The van der Waals surface area contributed by atoms with Gasteiger partial charge in [0.25, 0.3) is 5.78 Å². The van der Waals surface area contributed by atoms with Gasteiger partial charge < -0.3 is 5.11 Å². The molecule has 0 aromatic heterocycles. The third kappa shape index (κ3) is 1.43. The van der Waals surface area contributed by atoms with E-state index in [2.05, 4.69) is 0 Å². The van der Waals surface area contributed by atoms with E-state index in [9.17, 15) is 14.4 Å². The van der Waals surface area contributed by atoms with E-state index < -0.39 is 17.2 Å². The molecule has 0 heterocycles. The van der Waals surface area contributed by atoms with E-state index in [1.54, 1.807) is 30.3 Å². The average molecular weight is 218 g/mol. The van der Waals surface area contributed by atoms with Crippen LogP contribution in [0.25, 0.3) is 0 Å². The molecule has 0 saturated heterocycles. The van der Waals surface area contributed by atoms with E-state index in [1.807, 2.05) is 0 Å². The van der Waals surface area contributed by atoms with E-state index in [1.165, 1.54) is 0 Å². The molecule has 4 heteroatoms. The smallest absolute Gasteiger partial charge is 0.373 e. The number of carbonyl (C=O) groups excluding carboxylic acids is 2. The maximum atomic E-state index is 11.6. The van der Waals surface area contributed by atoms with Crippen LogP contribution in [0.3, 0.4) is 0 Å². The highest BCUT2D eigenvalue weighted by Crippen LogP contribution is 2.42. The summed E-state index contributed by atoms with van der Waals surface area (Å²) in [5.74, 6) is -2.44. The highest BCUT2D eigenvalue weighted by Gasteiger charge is 2.53. The number of Topliss-reactive ketones (excluding diaryl/α,β-unsaturated/α-hetero) is 2. The highest BCUT2D eigenvalue weighted by molar-refractivity contribution is 6.38. The van der Waals surface area contributed by atoms with Crippen molar-refractivity contribution in [2.24, 2.45) is 0 Å². The topological polar surface area (TPSA) is 71.4 Å². The summed E-state index contributed by atoms with van der Waals surface area (Å²) in [6, 6.07) is 8.62. The Labute approximate surface area is 91.9 Å². The number of ketones is 2. The summed E-state index contributed by atoms with van der Waals surface area (Å²) in [5.41, 5.74) is -0.508. The zero-order valence-corrected chi connectivity index (χ0v) is 8.47. The van der Waals surface area contributed by atoms with Crippen LogP contribution in [-0.2, 0) is 19.8 Å². The molecule has 1 aliphatic rings. The van der Waals surface area contributed by atoms with Crippen LogP contribution in [0, 0.1) is 0 Å². The summed E-state index contributed by atoms with van der Waals surface area (Å²) in [6.45, 7) is 0. The van der Waals surface area contributed by atoms with E-state index in [4.69, 9.17) is 5.11 Å². The van der Waals surface area contributed by atoms with Gasteiger partial charge in [-0.05, 0) is 5.56 Å². The zero-order valence-electron chi connectivity index (χ0n) is 8.47. The number of rotatable bonds is 3. The Balaban J connectivity index is 2.42. The van der Waals surface area contributed by atoms with Crippen molar-refractivity contribution in [1.29, 1.82) is 0 Å².